The van der Waals surface area contributed by atoms with E-state index in [9.17, 15) is 14.7 Å². The number of ketones is 1. The third-order valence-corrected chi connectivity index (χ3v) is 3.14. The minimum atomic E-state index is -0.564. The second-order valence-corrected chi connectivity index (χ2v) is 4.67. The Labute approximate surface area is 133 Å². The molecule has 0 spiro atoms. The second-order valence-electron chi connectivity index (χ2n) is 4.67. The van der Waals surface area contributed by atoms with E-state index >= 15 is 0 Å². The van der Waals surface area contributed by atoms with E-state index in [2.05, 4.69) is 0 Å². The number of esters is 1. The van der Waals surface area contributed by atoms with E-state index in [0.29, 0.717) is 11.5 Å². The highest BCUT2D eigenvalue weighted by atomic mass is 16.5. The molecular weight excluding hydrogens is 300 g/mol. The number of rotatable bonds is 5. The predicted octanol–water partition coefficient (Wildman–Crippen LogP) is 2.57. The van der Waals surface area contributed by atoms with Crippen LogP contribution in [0.3, 0.4) is 0 Å². The van der Waals surface area contributed by atoms with Gasteiger partial charge in [0, 0.05) is 19.1 Å². The first kappa shape index (κ1) is 16.4. The molecule has 0 bridgehead atoms. The molecule has 0 aromatic heterocycles. The average Bonchev–Trinajstić information content (AvgIpc) is 2.53. The number of ether oxygens (including phenoxy) is 3. The molecule has 0 fully saturated rings. The van der Waals surface area contributed by atoms with Gasteiger partial charge in [-0.2, -0.15) is 0 Å². The first-order valence-electron chi connectivity index (χ1n) is 6.74. The lowest BCUT2D eigenvalue weighted by atomic mass is 10.0. The molecule has 120 valence electrons. The molecular formula is C17H16O6. The summed E-state index contributed by atoms with van der Waals surface area (Å²) in [6.07, 6.45) is 0. The van der Waals surface area contributed by atoms with Crippen molar-refractivity contribution in [2.45, 2.75) is 6.92 Å². The van der Waals surface area contributed by atoms with E-state index in [4.69, 9.17) is 14.2 Å². The van der Waals surface area contributed by atoms with Crippen molar-refractivity contribution in [1.29, 1.82) is 0 Å². The Morgan fingerprint density at radius 1 is 0.913 bits per heavy atom. The van der Waals surface area contributed by atoms with Gasteiger partial charge in [0.15, 0.2) is 0 Å². The summed E-state index contributed by atoms with van der Waals surface area (Å²) >= 11 is 0. The summed E-state index contributed by atoms with van der Waals surface area (Å²) in [5, 5.41) is 9.99. The lowest BCUT2D eigenvalue weighted by molar-refractivity contribution is -0.131. The lowest BCUT2D eigenvalue weighted by Crippen LogP contribution is -2.09. The summed E-state index contributed by atoms with van der Waals surface area (Å²) in [5.41, 5.74) is 0.214. The molecule has 2 aromatic rings. The Bertz CT molecular complexity index is 751. The SMILES string of the molecule is COc1ccc(C(=O)c2ccc(OC)cc2OC(C)=O)c(O)c1. The summed E-state index contributed by atoms with van der Waals surface area (Å²) in [5.74, 6) is -0.336. The fourth-order valence-corrected chi connectivity index (χ4v) is 2.03. The molecule has 0 aliphatic rings. The van der Waals surface area contributed by atoms with Crippen molar-refractivity contribution in [1.82, 2.24) is 0 Å². The highest BCUT2D eigenvalue weighted by Crippen LogP contribution is 2.31. The number of methoxy groups -OCH3 is 2. The van der Waals surface area contributed by atoms with Gasteiger partial charge in [-0.1, -0.05) is 0 Å². The fraction of sp³-hybridized carbons (Fsp3) is 0.176. The minimum absolute atomic E-state index is 0.0667. The van der Waals surface area contributed by atoms with Gasteiger partial charge in [0.25, 0.3) is 0 Å². The third-order valence-electron chi connectivity index (χ3n) is 3.14. The molecule has 23 heavy (non-hydrogen) atoms. The molecule has 2 aromatic carbocycles. The molecule has 6 heteroatoms. The summed E-state index contributed by atoms with van der Waals surface area (Å²) in [7, 11) is 2.92. The van der Waals surface area contributed by atoms with Crippen molar-refractivity contribution in [2.75, 3.05) is 14.2 Å². The molecule has 0 heterocycles. The quantitative estimate of drug-likeness (QED) is 0.518. The van der Waals surface area contributed by atoms with Crippen molar-refractivity contribution < 1.29 is 28.9 Å². The van der Waals surface area contributed by atoms with E-state index in [1.54, 1.807) is 12.1 Å². The normalized spacial score (nSPS) is 10.0. The monoisotopic (exact) mass is 316 g/mol. The first-order chi connectivity index (χ1) is 11.0. The third kappa shape index (κ3) is 3.60. The maximum absolute atomic E-state index is 12.6. The number of phenols is 1. The Hall–Kier alpha value is -3.02. The van der Waals surface area contributed by atoms with Crippen LogP contribution in [0, 0.1) is 0 Å². The van der Waals surface area contributed by atoms with Crippen LogP contribution >= 0.6 is 0 Å². The Morgan fingerprint density at radius 2 is 1.48 bits per heavy atom. The maximum atomic E-state index is 12.6. The van der Waals surface area contributed by atoms with Gasteiger partial charge in [-0.25, -0.2) is 0 Å². The maximum Gasteiger partial charge on any atom is 0.308 e. The molecule has 2 rings (SSSR count). The molecule has 0 unspecified atom stereocenters. The molecule has 0 radical (unpaired) electrons. The van der Waals surface area contributed by atoms with E-state index in [1.807, 2.05) is 0 Å². The van der Waals surface area contributed by atoms with Crippen LogP contribution in [-0.2, 0) is 4.79 Å². The molecule has 0 aliphatic carbocycles. The van der Waals surface area contributed by atoms with Crippen molar-refractivity contribution in [3.63, 3.8) is 0 Å². The largest absolute Gasteiger partial charge is 0.507 e. The zero-order valence-corrected chi connectivity index (χ0v) is 13.0. The van der Waals surface area contributed by atoms with Gasteiger partial charge >= 0.3 is 5.97 Å². The number of phenolic OH excluding ortho intramolecular Hbond substituents is 1. The second kappa shape index (κ2) is 6.83. The molecule has 0 saturated heterocycles. The summed E-state index contributed by atoms with van der Waals surface area (Å²) < 4.78 is 15.1. The topological polar surface area (TPSA) is 82.1 Å². The van der Waals surface area contributed by atoms with Crippen LogP contribution in [-0.4, -0.2) is 31.1 Å². The van der Waals surface area contributed by atoms with Crippen LogP contribution in [0.5, 0.6) is 23.0 Å². The Balaban J connectivity index is 2.48. The van der Waals surface area contributed by atoms with Crippen molar-refractivity contribution in [3.05, 3.63) is 47.5 Å². The van der Waals surface area contributed by atoms with E-state index < -0.39 is 11.8 Å². The predicted molar refractivity (Wildman–Crippen MR) is 82.4 cm³/mol. The van der Waals surface area contributed by atoms with E-state index in [-0.39, 0.29) is 22.6 Å². The van der Waals surface area contributed by atoms with Crippen LogP contribution in [0.4, 0.5) is 0 Å². The zero-order chi connectivity index (χ0) is 17.0. The van der Waals surface area contributed by atoms with Gasteiger partial charge in [-0.15, -0.1) is 0 Å². The van der Waals surface area contributed by atoms with E-state index in [0.717, 1.165) is 0 Å². The number of carbonyl (C=O) groups is 2. The fourth-order valence-electron chi connectivity index (χ4n) is 2.03. The smallest absolute Gasteiger partial charge is 0.308 e. The Kier molecular flexibility index (Phi) is 4.85. The average molecular weight is 316 g/mol. The van der Waals surface area contributed by atoms with Gasteiger partial charge in [0.05, 0.1) is 25.3 Å². The van der Waals surface area contributed by atoms with Gasteiger partial charge in [-0.05, 0) is 24.3 Å². The number of carbonyl (C=O) groups excluding carboxylic acids is 2. The Morgan fingerprint density at radius 3 is 2.00 bits per heavy atom. The molecule has 0 aliphatic heterocycles. The van der Waals surface area contributed by atoms with Crippen molar-refractivity contribution >= 4 is 11.8 Å². The molecule has 0 atom stereocenters. The standard InChI is InChI=1S/C17H16O6/c1-10(18)23-16-9-12(22-3)5-7-14(16)17(20)13-6-4-11(21-2)8-15(13)19/h4-9,19H,1-3H3. The highest BCUT2D eigenvalue weighted by Gasteiger charge is 2.20. The van der Waals surface area contributed by atoms with Gasteiger partial charge in [0.1, 0.15) is 23.0 Å². The van der Waals surface area contributed by atoms with Crippen molar-refractivity contribution in [3.8, 4) is 23.0 Å². The molecule has 1 N–H and O–H groups in total. The summed E-state index contributed by atoms with van der Waals surface area (Å²) in [4.78, 5) is 23.9. The molecule has 0 amide bonds. The highest BCUT2D eigenvalue weighted by molar-refractivity contribution is 6.12. The lowest BCUT2D eigenvalue weighted by Gasteiger charge is -2.11. The summed E-state index contributed by atoms with van der Waals surface area (Å²) in [6.45, 7) is 1.23. The number of benzene rings is 2. The number of hydrogen-bond donors (Lipinski definition) is 1. The van der Waals surface area contributed by atoms with Crippen LogP contribution in [0.2, 0.25) is 0 Å². The zero-order valence-electron chi connectivity index (χ0n) is 13.0. The minimum Gasteiger partial charge on any atom is -0.507 e. The van der Waals surface area contributed by atoms with E-state index in [1.165, 1.54) is 45.4 Å². The van der Waals surface area contributed by atoms with Crippen LogP contribution < -0.4 is 14.2 Å². The van der Waals surface area contributed by atoms with Crippen LogP contribution in [0.1, 0.15) is 22.8 Å². The van der Waals surface area contributed by atoms with Crippen LogP contribution in [0.15, 0.2) is 36.4 Å². The molecule has 0 saturated carbocycles. The van der Waals surface area contributed by atoms with Gasteiger partial charge in [-0.3, -0.25) is 9.59 Å². The van der Waals surface area contributed by atoms with Crippen LogP contribution in [0.25, 0.3) is 0 Å². The van der Waals surface area contributed by atoms with Gasteiger partial charge < -0.3 is 19.3 Å². The van der Waals surface area contributed by atoms with Crippen molar-refractivity contribution in [2.24, 2.45) is 0 Å². The number of aromatic hydroxyl groups is 1. The summed E-state index contributed by atoms with van der Waals surface area (Å²) in [6, 6.07) is 8.82. The molecule has 6 nitrogen and oxygen atoms in total. The first-order valence-corrected chi connectivity index (χ1v) is 6.74. The van der Waals surface area contributed by atoms with Gasteiger partial charge in [0.2, 0.25) is 5.78 Å². The number of hydrogen-bond acceptors (Lipinski definition) is 6.